The van der Waals surface area contributed by atoms with Crippen molar-refractivity contribution < 1.29 is 0 Å². The van der Waals surface area contributed by atoms with Gasteiger partial charge in [-0.1, -0.05) is 29.8 Å². The number of nitrogens with zero attached hydrogens (tertiary/aromatic N) is 1. The maximum atomic E-state index is 4.38. The van der Waals surface area contributed by atoms with Crippen LogP contribution in [0.2, 0.25) is 0 Å². The van der Waals surface area contributed by atoms with E-state index in [1.165, 1.54) is 16.7 Å². The smallest absolute Gasteiger partial charge is 0.0447 e. The predicted molar refractivity (Wildman–Crippen MR) is 71.0 cm³/mol. The predicted octanol–water partition coefficient (Wildman–Crippen LogP) is 2.70. The van der Waals surface area contributed by atoms with Crippen molar-refractivity contribution in [2.75, 3.05) is 7.05 Å². The van der Waals surface area contributed by atoms with Gasteiger partial charge in [0.05, 0.1) is 0 Å². The highest BCUT2D eigenvalue weighted by atomic mass is 14.8. The van der Waals surface area contributed by atoms with E-state index < -0.39 is 0 Å². The first-order valence-corrected chi connectivity index (χ1v) is 5.92. The third-order valence-electron chi connectivity index (χ3n) is 2.83. The van der Waals surface area contributed by atoms with Crippen molar-refractivity contribution in [3.05, 3.63) is 65.0 Å². The van der Waals surface area contributed by atoms with Gasteiger partial charge < -0.3 is 5.32 Å². The number of hydrogen-bond acceptors (Lipinski definition) is 2. The van der Waals surface area contributed by atoms with E-state index in [-0.39, 0.29) is 0 Å². The molecular formula is C15H18N2. The summed E-state index contributed by atoms with van der Waals surface area (Å²) in [5.41, 5.74) is 5.13. The summed E-state index contributed by atoms with van der Waals surface area (Å²) in [5.74, 6) is 0. The molecule has 17 heavy (non-hydrogen) atoms. The number of rotatable bonds is 4. The van der Waals surface area contributed by atoms with Gasteiger partial charge in [-0.05, 0) is 37.2 Å². The molecule has 2 rings (SSSR count). The summed E-state index contributed by atoms with van der Waals surface area (Å²) in [7, 11) is 1.98. The SMILES string of the molecule is CNCc1ccc(C)cc1Cc1ccccn1. The first-order chi connectivity index (χ1) is 8.29. The van der Waals surface area contributed by atoms with Gasteiger partial charge in [-0.3, -0.25) is 4.98 Å². The minimum absolute atomic E-state index is 0.902. The lowest BCUT2D eigenvalue weighted by Gasteiger charge is -2.10. The Labute approximate surface area is 103 Å². The first-order valence-electron chi connectivity index (χ1n) is 5.92. The average molecular weight is 226 g/mol. The molecule has 88 valence electrons. The summed E-state index contributed by atoms with van der Waals surface area (Å²) in [5, 5.41) is 3.21. The molecule has 0 fully saturated rings. The quantitative estimate of drug-likeness (QED) is 0.867. The van der Waals surface area contributed by atoms with Gasteiger partial charge in [0.2, 0.25) is 0 Å². The molecule has 2 nitrogen and oxygen atoms in total. The fourth-order valence-electron chi connectivity index (χ4n) is 1.98. The molecule has 0 aliphatic heterocycles. The second kappa shape index (κ2) is 5.60. The van der Waals surface area contributed by atoms with Crippen LogP contribution in [0.1, 0.15) is 22.4 Å². The van der Waals surface area contributed by atoms with E-state index >= 15 is 0 Å². The van der Waals surface area contributed by atoms with Gasteiger partial charge in [-0.2, -0.15) is 0 Å². The largest absolute Gasteiger partial charge is 0.316 e. The fraction of sp³-hybridized carbons (Fsp3) is 0.267. The van der Waals surface area contributed by atoms with Crippen molar-refractivity contribution in [2.24, 2.45) is 0 Å². The van der Waals surface area contributed by atoms with Crippen LogP contribution in [-0.2, 0) is 13.0 Å². The Bertz CT molecular complexity index is 478. The molecule has 0 atom stereocenters. The molecular weight excluding hydrogens is 208 g/mol. The average Bonchev–Trinajstić information content (AvgIpc) is 2.34. The van der Waals surface area contributed by atoms with Gasteiger partial charge in [0.25, 0.3) is 0 Å². The molecule has 2 aromatic rings. The lowest BCUT2D eigenvalue weighted by atomic mass is 10.00. The Morgan fingerprint density at radius 1 is 1.12 bits per heavy atom. The molecule has 1 heterocycles. The minimum atomic E-state index is 0.902. The van der Waals surface area contributed by atoms with Crippen LogP contribution in [0.3, 0.4) is 0 Å². The van der Waals surface area contributed by atoms with Gasteiger partial charge in [0.15, 0.2) is 0 Å². The van der Waals surface area contributed by atoms with Crippen LogP contribution < -0.4 is 5.32 Å². The number of aromatic nitrogens is 1. The number of benzene rings is 1. The molecule has 1 N–H and O–H groups in total. The summed E-state index contributed by atoms with van der Waals surface area (Å²) in [6.45, 7) is 3.04. The van der Waals surface area contributed by atoms with Crippen molar-refractivity contribution in [1.29, 1.82) is 0 Å². The zero-order valence-corrected chi connectivity index (χ0v) is 10.4. The molecule has 0 aliphatic rings. The minimum Gasteiger partial charge on any atom is -0.316 e. The van der Waals surface area contributed by atoms with Crippen LogP contribution in [0.5, 0.6) is 0 Å². The maximum Gasteiger partial charge on any atom is 0.0447 e. The van der Waals surface area contributed by atoms with Crippen LogP contribution in [0.25, 0.3) is 0 Å². The van der Waals surface area contributed by atoms with Crippen molar-refractivity contribution >= 4 is 0 Å². The summed E-state index contributed by atoms with van der Waals surface area (Å²) in [4.78, 5) is 4.38. The maximum absolute atomic E-state index is 4.38. The molecule has 0 spiro atoms. The molecule has 0 radical (unpaired) electrons. The van der Waals surface area contributed by atoms with Gasteiger partial charge in [0, 0.05) is 24.9 Å². The Morgan fingerprint density at radius 3 is 2.71 bits per heavy atom. The van der Waals surface area contributed by atoms with Gasteiger partial charge in [-0.15, -0.1) is 0 Å². The van der Waals surface area contributed by atoms with E-state index in [0.717, 1.165) is 18.7 Å². The standard InChI is InChI=1S/C15H18N2/c1-12-6-7-13(11-16-2)14(9-12)10-15-5-3-4-8-17-15/h3-9,16H,10-11H2,1-2H3. The summed E-state index contributed by atoms with van der Waals surface area (Å²) in [6.07, 6.45) is 2.75. The molecule has 1 aromatic heterocycles. The highest BCUT2D eigenvalue weighted by Crippen LogP contribution is 2.15. The van der Waals surface area contributed by atoms with Gasteiger partial charge >= 0.3 is 0 Å². The summed E-state index contributed by atoms with van der Waals surface area (Å²) >= 11 is 0. The normalized spacial score (nSPS) is 10.5. The first kappa shape index (κ1) is 11.8. The Hall–Kier alpha value is -1.67. The molecule has 0 saturated heterocycles. The second-order valence-corrected chi connectivity index (χ2v) is 4.30. The summed E-state index contributed by atoms with van der Waals surface area (Å²) < 4.78 is 0. The number of nitrogens with one attached hydrogen (secondary N) is 1. The van der Waals surface area contributed by atoms with E-state index in [1.807, 2.05) is 25.4 Å². The number of aryl methyl sites for hydroxylation is 1. The topological polar surface area (TPSA) is 24.9 Å². The molecule has 0 bridgehead atoms. The Kier molecular flexibility index (Phi) is 3.89. The Morgan fingerprint density at radius 2 is 2.00 bits per heavy atom. The number of hydrogen-bond donors (Lipinski definition) is 1. The zero-order valence-electron chi connectivity index (χ0n) is 10.4. The second-order valence-electron chi connectivity index (χ2n) is 4.30. The van der Waals surface area contributed by atoms with Crippen molar-refractivity contribution in [3.8, 4) is 0 Å². The molecule has 0 aliphatic carbocycles. The van der Waals surface area contributed by atoms with Crippen LogP contribution >= 0.6 is 0 Å². The van der Waals surface area contributed by atoms with Crippen LogP contribution in [0, 0.1) is 6.92 Å². The number of pyridine rings is 1. The molecule has 1 aromatic carbocycles. The van der Waals surface area contributed by atoms with E-state index in [0.29, 0.717) is 0 Å². The van der Waals surface area contributed by atoms with E-state index in [4.69, 9.17) is 0 Å². The lowest BCUT2D eigenvalue weighted by Crippen LogP contribution is -2.08. The van der Waals surface area contributed by atoms with Crippen LogP contribution in [0.4, 0.5) is 0 Å². The fourth-order valence-corrected chi connectivity index (χ4v) is 1.98. The third kappa shape index (κ3) is 3.14. The lowest BCUT2D eigenvalue weighted by molar-refractivity contribution is 0.805. The van der Waals surface area contributed by atoms with Crippen LogP contribution in [0.15, 0.2) is 42.6 Å². The molecule has 0 amide bonds. The summed E-state index contributed by atoms with van der Waals surface area (Å²) in [6, 6.07) is 12.7. The molecule has 2 heteroatoms. The molecule has 0 saturated carbocycles. The highest BCUT2D eigenvalue weighted by molar-refractivity contribution is 5.34. The monoisotopic (exact) mass is 226 g/mol. The van der Waals surface area contributed by atoms with Crippen molar-refractivity contribution in [1.82, 2.24) is 10.3 Å². The molecule has 0 unspecified atom stereocenters. The highest BCUT2D eigenvalue weighted by Gasteiger charge is 2.04. The van der Waals surface area contributed by atoms with Crippen LogP contribution in [-0.4, -0.2) is 12.0 Å². The zero-order chi connectivity index (χ0) is 12.1. The Balaban J connectivity index is 2.27. The third-order valence-corrected chi connectivity index (χ3v) is 2.83. The van der Waals surface area contributed by atoms with Gasteiger partial charge in [0.1, 0.15) is 0 Å². The van der Waals surface area contributed by atoms with E-state index in [1.54, 1.807) is 0 Å². The van der Waals surface area contributed by atoms with Gasteiger partial charge in [-0.25, -0.2) is 0 Å². The van der Waals surface area contributed by atoms with E-state index in [2.05, 4.69) is 41.5 Å². The van der Waals surface area contributed by atoms with Crippen molar-refractivity contribution in [2.45, 2.75) is 19.9 Å². The van der Waals surface area contributed by atoms with Crippen molar-refractivity contribution in [3.63, 3.8) is 0 Å². The van der Waals surface area contributed by atoms with E-state index in [9.17, 15) is 0 Å².